The van der Waals surface area contributed by atoms with Gasteiger partial charge >= 0.3 is 0 Å². The van der Waals surface area contributed by atoms with Crippen molar-refractivity contribution in [3.63, 3.8) is 0 Å². The Bertz CT molecular complexity index is 207. The zero-order valence-electron chi connectivity index (χ0n) is 9.24. The van der Waals surface area contributed by atoms with Gasteiger partial charge in [0, 0.05) is 19.2 Å². The van der Waals surface area contributed by atoms with Gasteiger partial charge in [-0.05, 0) is 38.5 Å². The average molecular weight is 214 g/mol. The largest absolute Gasteiger partial charge is 0.389 e. The third kappa shape index (κ3) is 3.14. The van der Waals surface area contributed by atoms with Crippen LogP contribution in [-0.2, 0) is 4.74 Å². The predicted octanol–water partition coefficient (Wildman–Crippen LogP) is 0.345. The summed E-state index contributed by atoms with van der Waals surface area (Å²) in [6.07, 6.45) is 6.04. The molecule has 0 aromatic heterocycles. The van der Waals surface area contributed by atoms with Gasteiger partial charge in [0.05, 0.1) is 5.60 Å². The molecule has 4 N–H and O–H groups in total. The molecule has 1 heterocycles. The highest BCUT2D eigenvalue weighted by Crippen LogP contribution is 2.28. The van der Waals surface area contributed by atoms with E-state index in [2.05, 4.69) is 5.32 Å². The molecule has 2 aliphatic rings. The fourth-order valence-corrected chi connectivity index (χ4v) is 2.51. The Balaban J connectivity index is 1.72. The molecular weight excluding hydrogens is 192 g/mol. The van der Waals surface area contributed by atoms with Crippen LogP contribution in [0, 0.1) is 0 Å². The molecule has 88 valence electrons. The van der Waals surface area contributed by atoms with Gasteiger partial charge in [0.15, 0.2) is 0 Å². The maximum Gasteiger partial charge on any atom is 0.108 e. The van der Waals surface area contributed by atoms with Crippen LogP contribution in [-0.4, -0.2) is 36.1 Å². The molecule has 2 fully saturated rings. The number of nitrogens with two attached hydrogens (primary N) is 1. The number of hydrogen-bond donors (Lipinski definition) is 3. The summed E-state index contributed by atoms with van der Waals surface area (Å²) >= 11 is 0. The number of aliphatic hydroxyl groups is 1. The Kier molecular flexibility index (Phi) is 3.61. The molecule has 1 aliphatic heterocycles. The molecule has 4 heteroatoms. The minimum Gasteiger partial charge on any atom is -0.389 e. The van der Waals surface area contributed by atoms with Crippen molar-refractivity contribution in [3.05, 3.63) is 0 Å². The minimum atomic E-state index is -0.597. The quantitative estimate of drug-likeness (QED) is 0.634. The van der Waals surface area contributed by atoms with E-state index in [-0.39, 0.29) is 12.3 Å². The van der Waals surface area contributed by atoms with E-state index in [1.54, 1.807) is 0 Å². The number of nitrogens with one attached hydrogen (secondary N) is 1. The van der Waals surface area contributed by atoms with Crippen LogP contribution in [0.25, 0.3) is 0 Å². The third-order valence-corrected chi connectivity index (χ3v) is 3.46. The van der Waals surface area contributed by atoms with E-state index in [0.29, 0.717) is 13.0 Å². The van der Waals surface area contributed by atoms with Crippen molar-refractivity contribution in [2.45, 2.75) is 56.4 Å². The van der Waals surface area contributed by atoms with Crippen LogP contribution in [0.4, 0.5) is 0 Å². The molecule has 0 bridgehead atoms. The zero-order valence-corrected chi connectivity index (χ0v) is 9.24. The van der Waals surface area contributed by atoms with E-state index in [1.807, 2.05) is 0 Å². The van der Waals surface area contributed by atoms with Crippen molar-refractivity contribution in [2.24, 2.45) is 5.73 Å². The van der Waals surface area contributed by atoms with Crippen molar-refractivity contribution in [2.75, 3.05) is 13.2 Å². The van der Waals surface area contributed by atoms with E-state index in [0.717, 1.165) is 32.3 Å². The van der Waals surface area contributed by atoms with Gasteiger partial charge in [-0.3, -0.25) is 5.32 Å². The molecule has 0 amide bonds. The van der Waals surface area contributed by atoms with Crippen molar-refractivity contribution >= 4 is 0 Å². The van der Waals surface area contributed by atoms with E-state index >= 15 is 0 Å². The summed E-state index contributed by atoms with van der Waals surface area (Å²) in [6.45, 7) is 1.46. The highest BCUT2D eigenvalue weighted by atomic mass is 16.5. The van der Waals surface area contributed by atoms with E-state index in [4.69, 9.17) is 10.5 Å². The Hall–Kier alpha value is -0.160. The Morgan fingerprint density at radius 1 is 1.40 bits per heavy atom. The summed E-state index contributed by atoms with van der Waals surface area (Å²) in [6, 6.07) is 0.170. The fourth-order valence-electron chi connectivity index (χ4n) is 2.51. The van der Waals surface area contributed by atoms with Gasteiger partial charge in [0.2, 0.25) is 0 Å². The summed E-state index contributed by atoms with van der Waals surface area (Å²) in [7, 11) is 0. The van der Waals surface area contributed by atoms with Gasteiger partial charge in [-0.15, -0.1) is 0 Å². The van der Waals surface area contributed by atoms with Gasteiger partial charge in [-0.1, -0.05) is 0 Å². The van der Waals surface area contributed by atoms with Crippen LogP contribution in [0.2, 0.25) is 0 Å². The monoisotopic (exact) mass is 214 g/mol. The topological polar surface area (TPSA) is 67.5 Å². The van der Waals surface area contributed by atoms with Gasteiger partial charge < -0.3 is 15.6 Å². The van der Waals surface area contributed by atoms with Crippen molar-refractivity contribution in [1.29, 1.82) is 0 Å². The molecule has 1 aliphatic carbocycles. The van der Waals surface area contributed by atoms with Crippen LogP contribution >= 0.6 is 0 Å². The highest BCUT2D eigenvalue weighted by molar-refractivity contribution is 4.93. The lowest BCUT2D eigenvalue weighted by Crippen LogP contribution is -2.45. The van der Waals surface area contributed by atoms with Crippen LogP contribution in [0.15, 0.2) is 0 Å². The average Bonchev–Trinajstić information content (AvgIpc) is 2.58. The highest BCUT2D eigenvalue weighted by Gasteiger charge is 2.35. The number of hydrogen-bond acceptors (Lipinski definition) is 4. The molecule has 0 aromatic rings. The summed E-state index contributed by atoms with van der Waals surface area (Å²) < 4.78 is 5.56. The van der Waals surface area contributed by atoms with E-state index in [1.165, 1.54) is 6.42 Å². The second-order valence-electron chi connectivity index (χ2n) is 4.96. The van der Waals surface area contributed by atoms with Gasteiger partial charge in [-0.2, -0.15) is 0 Å². The summed E-state index contributed by atoms with van der Waals surface area (Å²) in [5.41, 5.74) is 5.20. The molecule has 2 rings (SSSR count). The number of ether oxygens (including phenoxy) is 1. The van der Waals surface area contributed by atoms with Crippen LogP contribution in [0.1, 0.15) is 38.5 Å². The van der Waals surface area contributed by atoms with Gasteiger partial charge in [-0.25, -0.2) is 0 Å². The molecule has 15 heavy (non-hydrogen) atoms. The molecule has 0 radical (unpaired) electrons. The lowest BCUT2D eigenvalue weighted by atomic mass is 10.0. The SMILES string of the molecule is NC1CCC(O)(CNC2CCCCO2)C1. The molecular formula is C11H22N2O2. The summed E-state index contributed by atoms with van der Waals surface area (Å²) in [4.78, 5) is 0. The van der Waals surface area contributed by atoms with E-state index < -0.39 is 5.60 Å². The standard InChI is InChI=1S/C11H22N2O2/c12-9-4-5-11(14,7-9)8-13-10-3-1-2-6-15-10/h9-10,13-14H,1-8,12H2. The smallest absolute Gasteiger partial charge is 0.108 e. The van der Waals surface area contributed by atoms with Gasteiger partial charge in [0.25, 0.3) is 0 Å². The Morgan fingerprint density at radius 2 is 2.27 bits per heavy atom. The zero-order chi connectivity index (χ0) is 10.7. The van der Waals surface area contributed by atoms with Crippen LogP contribution in [0.5, 0.6) is 0 Å². The first-order valence-corrected chi connectivity index (χ1v) is 6.01. The second-order valence-corrected chi connectivity index (χ2v) is 4.96. The summed E-state index contributed by atoms with van der Waals surface area (Å²) in [5, 5.41) is 13.5. The third-order valence-electron chi connectivity index (χ3n) is 3.46. The lowest BCUT2D eigenvalue weighted by molar-refractivity contribution is -0.0288. The Labute approximate surface area is 91.2 Å². The normalized spacial score (nSPS) is 42.0. The van der Waals surface area contributed by atoms with Gasteiger partial charge in [0.1, 0.15) is 6.23 Å². The fraction of sp³-hybridized carbons (Fsp3) is 1.00. The lowest BCUT2D eigenvalue weighted by Gasteiger charge is -2.29. The molecule has 3 atom stereocenters. The maximum absolute atomic E-state index is 10.2. The molecule has 0 aromatic carbocycles. The van der Waals surface area contributed by atoms with Crippen LogP contribution in [0.3, 0.4) is 0 Å². The molecule has 1 saturated carbocycles. The molecule has 1 saturated heterocycles. The number of rotatable bonds is 3. The minimum absolute atomic E-state index is 0.139. The summed E-state index contributed by atoms with van der Waals surface area (Å²) in [5.74, 6) is 0. The second kappa shape index (κ2) is 4.78. The molecule has 4 nitrogen and oxygen atoms in total. The van der Waals surface area contributed by atoms with Crippen molar-refractivity contribution in [1.82, 2.24) is 5.32 Å². The Morgan fingerprint density at radius 3 is 2.87 bits per heavy atom. The first kappa shape index (κ1) is 11.3. The van der Waals surface area contributed by atoms with Crippen LogP contribution < -0.4 is 11.1 Å². The van der Waals surface area contributed by atoms with Crippen molar-refractivity contribution in [3.8, 4) is 0 Å². The first-order chi connectivity index (χ1) is 7.18. The molecule has 3 unspecified atom stereocenters. The van der Waals surface area contributed by atoms with Crippen molar-refractivity contribution < 1.29 is 9.84 Å². The molecule has 0 spiro atoms. The maximum atomic E-state index is 10.2. The first-order valence-electron chi connectivity index (χ1n) is 6.01. The predicted molar refractivity (Wildman–Crippen MR) is 58.4 cm³/mol. The van der Waals surface area contributed by atoms with E-state index in [9.17, 15) is 5.11 Å².